The number of hydrogen-bond donors (Lipinski definition) is 1. The van der Waals surface area contributed by atoms with Crippen molar-refractivity contribution >= 4 is 35.0 Å². The van der Waals surface area contributed by atoms with Gasteiger partial charge in [0.2, 0.25) is 11.9 Å². The number of benzene rings is 2. The van der Waals surface area contributed by atoms with E-state index in [0.29, 0.717) is 30.5 Å². The molecule has 0 radical (unpaired) electrons. The van der Waals surface area contributed by atoms with Crippen LogP contribution in [0.1, 0.15) is 23.6 Å². The number of piperazine rings is 1. The fraction of sp³-hybridized carbons (Fsp3) is 0.286. The third-order valence-corrected chi connectivity index (χ3v) is 6.97. The van der Waals surface area contributed by atoms with Crippen LogP contribution in [-0.2, 0) is 19.0 Å². The fourth-order valence-corrected chi connectivity index (χ4v) is 4.83. The Morgan fingerprint density at radius 2 is 1.65 bits per heavy atom. The molecule has 43 heavy (non-hydrogen) atoms. The molecule has 3 heterocycles. The first-order valence-electron chi connectivity index (χ1n) is 13.0. The quantitative estimate of drug-likeness (QED) is 0.221. The molecular formula is C28H24ClF6N7O. The average molecular weight is 624 g/mol. The molecule has 2 aromatic carbocycles. The lowest BCUT2D eigenvalue weighted by molar-refractivity contribution is -0.139. The van der Waals surface area contributed by atoms with Crippen molar-refractivity contribution in [1.82, 2.24) is 19.9 Å². The minimum Gasteiger partial charge on any atom is -0.458 e. The van der Waals surface area contributed by atoms with Crippen molar-refractivity contribution in [2.45, 2.75) is 31.9 Å². The van der Waals surface area contributed by atoms with E-state index in [4.69, 9.17) is 16.3 Å². The summed E-state index contributed by atoms with van der Waals surface area (Å²) in [6, 6.07) is 12.2. The predicted molar refractivity (Wildman–Crippen MR) is 149 cm³/mol. The molecule has 1 saturated heterocycles. The van der Waals surface area contributed by atoms with Crippen LogP contribution >= 0.6 is 11.6 Å². The smallest absolute Gasteiger partial charge is 0.416 e. The zero-order valence-electron chi connectivity index (χ0n) is 22.5. The van der Waals surface area contributed by atoms with E-state index in [-0.39, 0.29) is 35.2 Å². The van der Waals surface area contributed by atoms with E-state index in [2.05, 4.69) is 25.3 Å². The first kappa shape index (κ1) is 30.1. The molecule has 4 aromatic rings. The molecule has 1 aliphatic rings. The van der Waals surface area contributed by atoms with Gasteiger partial charge in [-0.2, -0.15) is 41.3 Å². The summed E-state index contributed by atoms with van der Waals surface area (Å²) in [5.41, 5.74) is -1.56. The van der Waals surface area contributed by atoms with E-state index in [1.807, 2.05) is 16.7 Å². The first-order chi connectivity index (χ1) is 20.4. The number of ether oxygens (including phenoxy) is 1. The summed E-state index contributed by atoms with van der Waals surface area (Å²) in [7, 11) is 0. The molecule has 0 bridgehead atoms. The van der Waals surface area contributed by atoms with Crippen molar-refractivity contribution in [3.63, 3.8) is 0 Å². The average Bonchev–Trinajstić information content (AvgIpc) is 2.96. The molecule has 5 rings (SSSR count). The lowest BCUT2D eigenvalue weighted by atomic mass is 10.1. The molecule has 1 fully saturated rings. The minimum atomic E-state index is -4.59. The van der Waals surface area contributed by atoms with E-state index in [0.717, 1.165) is 18.2 Å². The Labute approximate surface area is 247 Å². The summed E-state index contributed by atoms with van der Waals surface area (Å²) in [6.45, 7) is 2.87. The SMILES string of the molecule is C[C@@H]1CN(c2ncccc2Cl)CCN1c1nc(Nc2ccc(C(F)(F)F)cc2)nc(OCc2ccccc2C(F)(F)F)n1. The summed E-state index contributed by atoms with van der Waals surface area (Å²) in [4.78, 5) is 21.2. The van der Waals surface area contributed by atoms with E-state index in [9.17, 15) is 26.3 Å². The molecule has 1 aliphatic heterocycles. The second-order valence-corrected chi connectivity index (χ2v) is 10.1. The van der Waals surface area contributed by atoms with Crippen molar-refractivity contribution in [3.8, 4) is 6.01 Å². The number of rotatable bonds is 7. The monoisotopic (exact) mass is 623 g/mol. The van der Waals surface area contributed by atoms with E-state index in [1.165, 1.54) is 30.3 Å². The van der Waals surface area contributed by atoms with Crippen LogP contribution in [0.25, 0.3) is 0 Å². The normalized spacial score (nSPS) is 15.9. The molecule has 0 saturated carbocycles. The van der Waals surface area contributed by atoms with Gasteiger partial charge in [-0.1, -0.05) is 29.8 Å². The van der Waals surface area contributed by atoms with Crippen LogP contribution in [0.5, 0.6) is 6.01 Å². The first-order valence-corrected chi connectivity index (χ1v) is 13.4. The number of halogens is 7. The Morgan fingerprint density at radius 1 is 0.907 bits per heavy atom. The van der Waals surface area contributed by atoms with Gasteiger partial charge in [-0.15, -0.1) is 0 Å². The molecule has 226 valence electrons. The standard InChI is InChI=1S/C28H24ClF6N7O/c1-17-15-41(23-22(29)7-4-12-36-23)13-14-42(17)25-38-24(37-20-10-8-19(9-11-20)27(30,31)32)39-26(40-25)43-16-18-5-2-3-6-21(18)28(33,34)35/h2-12,17H,13-16H2,1H3,(H,37,38,39,40)/t17-/m1/s1. The van der Waals surface area contributed by atoms with Crippen LogP contribution in [0, 0.1) is 0 Å². The highest BCUT2D eigenvalue weighted by atomic mass is 35.5. The maximum absolute atomic E-state index is 13.5. The topological polar surface area (TPSA) is 79.3 Å². The van der Waals surface area contributed by atoms with Crippen LogP contribution in [0.2, 0.25) is 5.02 Å². The van der Waals surface area contributed by atoms with Gasteiger partial charge < -0.3 is 19.9 Å². The zero-order chi connectivity index (χ0) is 30.8. The number of aromatic nitrogens is 4. The van der Waals surface area contributed by atoms with Gasteiger partial charge in [-0.25, -0.2) is 4.98 Å². The highest BCUT2D eigenvalue weighted by Crippen LogP contribution is 2.33. The number of hydrogen-bond acceptors (Lipinski definition) is 8. The second kappa shape index (κ2) is 12.1. The lowest BCUT2D eigenvalue weighted by Gasteiger charge is -2.40. The third kappa shape index (κ3) is 7.19. The molecule has 1 atom stereocenters. The van der Waals surface area contributed by atoms with Crippen LogP contribution < -0.4 is 19.9 Å². The van der Waals surface area contributed by atoms with Crippen molar-refractivity contribution in [2.24, 2.45) is 0 Å². The van der Waals surface area contributed by atoms with Gasteiger partial charge in [-0.05, 0) is 49.4 Å². The molecule has 0 amide bonds. The van der Waals surface area contributed by atoms with Crippen LogP contribution in [0.3, 0.4) is 0 Å². The molecule has 8 nitrogen and oxygen atoms in total. The second-order valence-electron chi connectivity index (χ2n) is 9.68. The van der Waals surface area contributed by atoms with E-state index in [1.54, 1.807) is 18.3 Å². The summed E-state index contributed by atoms with van der Waals surface area (Å²) < 4.78 is 85.2. The van der Waals surface area contributed by atoms with Crippen molar-refractivity contribution < 1.29 is 31.1 Å². The van der Waals surface area contributed by atoms with E-state index < -0.39 is 30.1 Å². The zero-order valence-corrected chi connectivity index (χ0v) is 23.2. The van der Waals surface area contributed by atoms with Crippen molar-refractivity contribution in [1.29, 1.82) is 0 Å². The molecule has 15 heteroatoms. The predicted octanol–water partition coefficient (Wildman–Crippen LogP) is 7.00. The molecular weight excluding hydrogens is 600 g/mol. The Balaban J connectivity index is 1.42. The van der Waals surface area contributed by atoms with Crippen molar-refractivity contribution in [2.75, 3.05) is 34.8 Å². The lowest BCUT2D eigenvalue weighted by Crippen LogP contribution is -2.53. The van der Waals surface area contributed by atoms with Gasteiger partial charge in [0.25, 0.3) is 0 Å². The number of pyridine rings is 1. The van der Waals surface area contributed by atoms with Gasteiger partial charge in [0.15, 0.2) is 0 Å². The highest BCUT2D eigenvalue weighted by Gasteiger charge is 2.34. The maximum Gasteiger partial charge on any atom is 0.416 e. The van der Waals surface area contributed by atoms with Gasteiger partial charge in [0, 0.05) is 43.1 Å². The van der Waals surface area contributed by atoms with Gasteiger partial charge in [0.1, 0.15) is 12.4 Å². The summed E-state index contributed by atoms with van der Waals surface area (Å²) >= 11 is 6.33. The Bertz CT molecular complexity index is 1570. The van der Waals surface area contributed by atoms with Gasteiger partial charge in [0.05, 0.1) is 16.1 Å². The summed E-state index contributed by atoms with van der Waals surface area (Å²) in [6.07, 6.45) is -7.46. The number of nitrogens with zero attached hydrogens (tertiary/aromatic N) is 6. The molecule has 0 spiro atoms. The number of alkyl halides is 6. The number of anilines is 4. The van der Waals surface area contributed by atoms with E-state index >= 15 is 0 Å². The maximum atomic E-state index is 13.5. The largest absolute Gasteiger partial charge is 0.458 e. The van der Waals surface area contributed by atoms with Crippen molar-refractivity contribution in [3.05, 3.63) is 88.6 Å². The molecule has 0 unspecified atom stereocenters. The van der Waals surface area contributed by atoms with Crippen LogP contribution in [0.4, 0.5) is 49.7 Å². The van der Waals surface area contributed by atoms with Gasteiger partial charge >= 0.3 is 18.4 Å². The number of nitrogens with one attached hydrogen (secondary N) is 1. The van der Waals surface area contributed by atoms with Crippen LogP contribution in [-0.4, -0.2) is 45.6 Å². The highest BCUT2D eigenvalue weighted by molar-refractivity contribution is 6.32. The summed E-state index contributed by atoms with van der Waals surface area (Å²) in [5, 5.41) is 3.34. The third-order valence-electron chi connectivity index (χ3n) is 6.67. The minimum absolute atomic E-state index is 0.0636. The Morgan fingerprint density at radius 3 is 2.33 bits per heavy atom. The Kier molecular flexibility index (Phi) is 8.49. The molecule has 0 aliphatic carbocycles. The fourth-order valence-electron chi connectivity index (χ4n) is 4.59. The Hall–Kier alpha value is -4.33. The molecule has 1 N–H and O–H groups in total. The summed E-state index contributed by atoms with van der Waals surface area (Å²) in [5.74, 6) is 0.734. The van der Waals surface area contributed by atoms with Crippen LogP contribution in [0.15, 0.2) is 66.9 Å². The molecule has 2 aromatic heterocycles. The van der Waals surface area contributed by atoms with Gasteiger partial charge in [-0.3, -0.25) is 0 Å².